The third-order valence-electron chi connectivity index (χ3n) is 4.50. The van der Waals surface area contributed by atoms with E-state index in [1.165, 1.54) is 23.5 Å². The van der Waals surface area contributed by atoms with Crippen LogP contribution >= 0.6 is 23.5 Å². The van der Waals surface area contributed by atoms with Crippen LogP contribution in [0.4, 0.5) is 0 Å². The van der Waals surface area contributed by atoms with Gasteiger partial charge in [0.05, 0.1) is 4.58 Å². The van der Waals surface area contributed by atoms with Gasteiger partial charge in [-0.1, -0.05) is 12.1 Å². The summed E-state index contributed by atoms with van der Waals surface area (Å²) in [5.41, 5.74) is 1.96. The quantitative estimate of drug-likeness (QED) is 0.825. The molecule has 1 aromatic carbocycles. The van der Waals surface area contributed by atoms with Gasteiger partial charge in [-0.3, -0.25) is 9.59 Å². The second-order valence-electron chi connectivity index (χ2n) is 6.44. The third-order valence-corrected chi connectivity index (χ3v) is 7.51. The van der Waals surface area contributed by atoms with Crippen molar-refractivity contribution < 1.29 is 9.59 Å². The maximum atomic E-state index is 12.8. The van der Waals surface area contributed by atoms with E-state index in [1.807, 2.05) is 35.7 Å². The number of hydrogen-bond acceptors (Lipinski definition) is 4. The van der Waals surface area contributed by atoms with E-state index < -0.39 is 0 Å². The zero-order valence-electron chi connectivity index (χ0n) is 14.2. The number of likely N-dealkylation sites (N-methyl/N-ethyl adjacent to an activating group) is 1. The number of carbonyl (C=O) groups excluding carboxylic acids is 2. The lowest BCUT2D eigenvalue weighted by molar-refractivity contribution is -0.132. The Morgan fingerprint density at radius 1 is 1.08 bits per heavy atom. The van der Waals surface area contributed by atoms with Crippen LogP contribution in [0.3, 0.4) is 0 Å². The number of amides is 2. The molecule has 3 rings (SSSR count). The smallest absolute Gasteiger partial charge is 0.254 e. The first-order valence-electron chi connectivity index (χ1n) is 8.43. The van der Waals surface area contributed by atoms with Gasteiger partial charge in [-0.2, -0.15) is 0 Å². The van der Waals surface area contributed by atoms with Crippen LogP contribution in [0.25, 0.3) is 0 Å². The van der Waals surface area contributed by atoms with Gasteiger partial charge in [-0.15, -0.1) is 23.5 Å². The van der Waals surface area contributed by atoms with Gasteiger partial charge in [-0.25, -0.2) is 0 Å². The van der Waals surface area contributed by atoms with Crippen molar-refractivity contribution in [3.8, 4) is 0 Å². The van der Waals surface area contributed by atoms with E-state index in [-0.39, 0.29) is 17.9 Å². The molecule has 1 atom stereocenters. The normalized spacial score (nSPS) is 21.8. The molecule has 2 heterocycles. The van der Waals surface area contributed by atoms with Crippen molar-refractivity contribution in [1.29, 1.82) is 0 Å². The van der Waals surface area contributed by atoms with Crippen LogP contribution in [-0.4, -0.2) is 59.8 Å². The molecule has 4 nitrogen and oxygen atoms in total. The van der Waals surface area contributed by atoms with Gasteiger partial charge in [-0.05, 0) is 48.5 Å². The molecule has 2 aliphatic rings. The van der Waals surface area contributed by atoms with Crippen LogP contribution in [0.1, 0.15) is 39.8 Å². The molecule has 2 fully saturated rings. The van der Waals surface area contributed by atoms with E-state index in [0.29, 0.717) is 16.7 Å². The fraction of sp³-hybridized carbons (Fsp3) is 0.556. The molecule has 0 N–H and O–H groups in total. The molecule has 0 spiro atoms. The van der Waals surface area contributed by atoms with Gasteiger partial charge in [0.1, 0.15) is 6.04 Å². The van der Waals surface area contributed by atoms with Gasteiger partial charge in [0.25, 0.3) is 5.91 Å². The Balaban J connectivity index is 1.71. The van der Waals surface area contributed by atoms with Crippen LogP contribution in [0.15, 0.2) is 24.3 Å². The van der Waals surface area contributed by atoms with Crippen LogP contribution in [0.5, 0.6) is 0 Å². The van der Waals surface area contributed by atoms with Crippen LogP contribution in [0, 0.1) is 0 Å². The maximum absolute atomic E-state index is 12.8. The lowest BCUT2D eigenvalue weighted by atomic mass is 10.1. The molecule has 0 saturated carbocycles. The number of thioether (sulfide) groups is 2. The molecule has 2 amide bonds. The van der Waals surface area contributed by atoms with Gasteiger partial charge < -0.3 is 9.80 Å². The van der Waals surface area contributed by atoms with Crippen molar-refractivity contribution in [2.75, 3.05) is 32.1 Å². The van der Waals surface area contributed by atoms with Crippen LogP contribution < -0.4 is 0 Å². The summed E-state index contributed by atoms with van der Waals surface area (Å²) in [6, 6.07) is 7.67. The van der Waals surface area contributed by atoms with Crippen LogP contribution in [0.2, 0.25) is 0 Å². The van der Waals surface area contributed by atoms with E-state index in [1.54, 1.807) is 23.9 Å². The Morgan fingerprint density at radius 3 is 2.38 bits per heavy atom. The fourth-order valence-corrected chi connectivity index (χ4v) is 6.09. The molecule has 2 aliphatic heterocycles. The number of rotatable bonds is 3. The average Bonchev–Trinajstić information content (AvgIpc) is 3.11. The molecule has 0 aromatic heterocycles. The standard InChI is InChI=1S/C18H24N2O2S2/c1-19(2)17(22)15-5-3-10-20(15)16(21)13-6-8-14(9-7-13)18-23-11-4-12-24-18/h6-9,15,18H,3-5,10-12H2,1-2H3. The summed E-state index contributed by atoms with van der Waals surface area (Å²) in [5.74, 6) is 2.41. The summed E-state index contributed by atoms with van der Waals surface area (Å²) in [5, 5.41) is 0. The molecular formula is C18H24N2O2S2. The monoisotopic (exact) mass is 364 g/mol. The Labute approximate surface area is 152 Å². The zero-order chi connectivity index (χ0) is 17.1. The molecule has 24 heavy (non-hydrogen) atoms. The Hall–Kier alpha value is -1.14. The zero-order valence-corrected chi connectivity index (χ0v) is 15.9. The van der Waals surface area contributed by atoms with Crippen molar-refractivity contribution in [3.63, 3.8) is 0 Å². The van der Waals surface area contributed by atoms with E-state index in [4.69, 9.17) is 0 Å². The molecule has 2 saturated heterocycles. The van der Waals surface area contributed by atoms with Crippen molar-refractivity contribution in [2.24, 2.45) is 0 Å². The highest BCUT2D eigenvalue weighted by Crippen LogP contribution is 2.43. The number of hydrogen-bond donors (Lipinski definition) is 0. The Morgan fingerprint density at radius 2 is 1.75 bits per heavy atom. The molecule has 6 heteroatoms. The van der Waals surface area contributed by atoms with Crippen molar-refractivity contribution in [1.82, 2.24) is 9.80 Å². The first-order chi connectivity index (χ1) is 11.6. The van der Waals surface area contributed by atoms with E-state index >= 15 is 0 Å². The Kier molecular flexibility index (Phi) is 5.76. The summed E-state index contributed by atoms with van der Waals surface area (Å²) >= 11 is 3.96. The summed E-state index contributed by atoms with van der Waals surface area (Å²) in [6.45, 7) is 0.666. The lowest BCUT2D eigenvalue weighted by Gasteiger charge is -2.26. The number of benzene rings is 1. The highest BCUT2D eigenvalue weighted by Gasteiger charge is 2.35. The summed E-state index contributed by atoms with van der Waals surface area (Å²) < 4.78 is 0.484. The molecule has 1 aromatic rings. The molecule has 0 aliphatic carbocycles. The minimum atomic E-state index is -0.309. The fourth-order valence-electron chi connectivity index (χ4n) is 3.19. The van der Waals surface area contributed by atoms with E-state index in [2.05, 4.69) is 12.1 Å². The second kappa shape index (κ2) is 7.83. The SMILES string of the molecule is CN(C)C(=O)C1CCCN1C(=O)c1ccc(C2SCCCS2)cc1. The second-order valence-corrected chi connectivity index (χ2v) is 9.16. The maximum Gasteiger partial charge on any atom is 0.254 e. The summed E-state index contributed by atoms with van der Waals surface area (Å²) in [7, 11) is 3.50. The minimum Gasteiger partial charge on any atom is -0.347 e. The lowest BCUT2D eigenvalue weighted by Crippen LogP contribution is -2.45. The highest BCUT2D eigenvalue weighted by atomic mass is 32.2. The predicted molar refractivity (Wildman–Crippen MR) is 101 cm³/mol. The average molecular weight is 365 g/mol. The number of likely N-dealkylation sites (tertiary alicyclic amines) is 1. The van der Waals surface area contributed by atoms with Crippen LogP contribution in [-0.2, 0) is 4.79 Å². The molecular weight excluding hydrogens is 340 g/mol. The molecule has 0 bridgehead atoms. The van der Waals surface area contributed by atoms with Gasteiger partial charge >= 0.3 is 0 Å². The topological polar surface area (TPSA) is 40.6 Å². The molecule has 0 radical (unpaired) electrons. The van der Waals surface area contributed by atoms with Gasteiger partial charge in [0.15, 0.2) is 0 Å². The van der Waals surface area contributed by atoms with Crippen molar-refractivity contribution in [2.45, 2.75) is 29.9 Å². The first-order valence-corrected chi connectivity index (χ1v) is 10.5. The molecule has 130 valence electrons. The van der Waals surface area contributed by atoms with E-state index in [9.17, 15) is 9.59 Å². The number of carbonyl (C=O) groups is 2. The number of nitrogens with zero attached hydrogens (tertiary/aromatic N) is 2. The van der Waals surface area contributed by atoms with Gasteiger partial charge in [0, 0.05) is 26.2 Å². The van der Waals surface area contributed by atoms with Gasteiger partial charge in [0.2, 0.25) is 5.91 Å². The summed E-state index contributed by atoms with van der Waals surface area (Å²) in [6.07, 6.45) is 2.93. The van der Waals surface area contributed by atoms with Crippen molar-refractivity contribution in [3.05, 3.63) is 35.4 Å². The predicted octanol–water partition coefficient (Wildman–Crippen LogP) is 3.25. The highest BCUT2D eigenvalue weighted by molar-refractivity contribution is 8.16. The third kappa shape index (κ3) is 3.75. The summed E-state index contributed by atoms with van der Waals surface area (Å²) in [4.78, 5) is 28.4. The largest absolute Gasteiger partial charge is 0.347 e. The Bertz CT molecular complexity index is 598. The van der Waals surface area contributed by atoms with Crippen molar-refractivity contribution >= 4 is 35.3 Å². The van der Waals surface area contributed by atoms with E-state index in [0.717, 1.165) is 12.8 Å². The first kappa shape index (κ1) is 17.7. The minimum absolute atomic E-state index is 0.0208. The molecule has 1 unspecified atom stereocenters.